The Hall–Kier alpha value is -1.57. The molecular weight excluding hydrogens is 288 g/mol. The van der Waals surface area contributed by atoms with E-state index in [2.05, 4.69) is 9.82 Å². The highest BCUT2D eigenvalue weighted by molar-refractivity contribution is 7.89. The molecule has 0 fully saturated rings. The van der Waals surface area contributed by atoms with Gasteiger partial charge in [-0.25, -0.2) is 13.1 Å². The van der Waals surface area contributed by atoms with Crippen molar-refractivity contribution in [2.75, 3.05) is 5.73 Å². The number of anilines is 1. The third-order valence-corrected chi connectivity index (χ3v) is 4.17. The zero-order chi connectivity index (χ0) is 14.0. The first-order chi connectivity index (χ1) is 8.88. The number of aryl methyl sites for hydroxylation is 1. The molecule has 0 aliphatic heterocycles. The molecule has 0 saturated carbocycles. The summed E-state index contributed by atoms with van der Waals surface area (Å²) in [5, 5.41) is 4.39. The van der Waals surface area contributed by atoms with E-state index in [1.165, 1.54) is 18.2 Å². The Bertz CT molecular complexity index is 696. The van der Waals surface area contributed by atoms with E-state index in [0.29, 0.717) is 10.7 Å². The van der Waals surface area contributed by atoms with Crippen LogP contribution < -0.4 is 10.5 Å². The van der Waals surface area contributed by atoms with Crippen LogP contribution in [-0.2, 0) is 23.6 Å². The van der Waals surface area contributed by atoms with E-state index in [4.69, 9.17) is 17.3 Å². The monoisotopic (exact) mass is 300 g/mol. The summed E-state index contributed by atoms with van der Waals surface area (Å²) >= 11 is 5.78. The Labute approximate surface area is 116 Å². The molecule has 0 aliphatic rings. The van der Waals surface area contributed by atoms with E-state index in [0.717, 1.165) is 0 Å². The molecule has 0 amide bonds. The van der Waals surface area contributed by atoms with Crippen LogP contribution in [0, 0.1) is 0 Å². The number of rotatable bonds is 4. The second-order valence-corrected chi connectivity index (χ2v) is 6.16. The van der Waals surface area contributed by atoms with Gasteiger partial charge in [-0.05, 0) is 24.3 Å². The minimum atomic E-state index is -3.71. The first kappa shape index (κ1) is 13.9. The molecule has 1 heterocycles. The van der Waals surface area contributed by atoms with Gasteiger partial charge in [0.1, 0.15) is 4.90 Å². The van der Waals surface area contributed by atoms with E-state index in [1.54, 1.807) is 24.0 Å². The highest BCUT2D eigenvalue weighted by atomic mass is 35.5. The average Bonchev–Trinajstić information content (AvgIpc) is 2.76. The summed E-state index contributed by atoms with van der Waals surface area (Å²) in [6.07, 6.45) is 1.73. The number of nitrogen functional groups attached to an aromatic ring is 1. The SMILES string of the molecule is Cn1ccc(CNS(=O)(=O)c2cc(Cl)ccc2N)n1. The lowest BCUT2D eigenvalue weighted by Crippen LogP contribution is -2.24. The first-order valence-corrected chi connectivity index (χ1v) is 7.28. The van der Waals surface area contributed by atoms with Crippen LogP contribution in [0.4, 0.5) is 5.69 Å². The highest BCUT2D eigenvalue weighted by Gasteiger charge is 2.18. The third-order valence-electron chi connectivity index (χ3n) is 2.48. The second-order valence-electron chi connectivity index (χ2n) is 3.99. The van der Waals surface area contributed by atoms with Gasteiger partial charge in [0.15, 0.2) is 0 Å². The van der Waals surface area contributed by atoms with Crippen molar-refractivity contribution in [3.05, 3.63) is 41.2 Å². The standard InChI is InChI=1S/C11H13ClN4O2S/c1-16-5-4-9(15-16)7-14-19(17,18)11-6-8(12)2-3-10(11)13/h2-6,14H,7,13H2,1H3. The molecule has 1 aromatic carbocycles. The van der Waals surface area contributed by atoms with Crippen molar-refractivity contribution in [3.8, 4) is 0 Å². The lowest BCUT2D eigenvalue weighted by atomic mass is 10.3. The van der Waals surface area contributed by atoms with Crippen molar-refractivity contribution in [2.45, 2.75) is 11.4 Å². The molecule has 0 atom stereocenters. The molecule has 8 heteroatoms. The van der Waals surface area contributed by atoms with Crippen molar-refractivity contribution in [2.24, 2.45) is 7.05 Å². The van der Waals surface area contributed by atoms with E-state index < -0.39 is 10.0 Å². The molecule has 2 aromatic rings. The van der Waals surface area contributed by atoms with Gasteiger partial charge in [0.25, 0.3) is 0 Å². The molecule has 1 aromatic heterocycles. The minimum absolute atomic E-state index is 0.0315. The summed E-state index contributed by atoms with van der Waals surface area (Å²) in [5.74, 6) is 0. The van der Waals surface area contributed by atoms with Crippen molar-refractivity contribution in [3.63, 3.8) is 0 Å². The Balaban J connectivity index is 2.20. The van der Waals surface area contributed by atoms with Crippen LogP contribution in [-0.4, -0.2) is 18.2 Å². The lowest BCUT2D eigenvalue weighted by molar-refractivity contribution is 0.580. The van der Waals surface area contributed by atoms with Crippen LogP contribution in [0.15, 0.2) is 35.4 Å². The Morgan fingerprint density at radius 1 is 1.42 bits per heavy atom. The predicted molar refractivity (Wildman–Crippen MR) is 73.1 cm³/mol. The molecule has 0 aliphatic carbocycles. The molecule has 3 N–H and O–H groups in total. The fourth-order valence-corrected chi connectivity index (χ4v) is 2.94. The second kappa shape index (κ2) is 5.20. The van der Waals surface area contributed by atoms with Gasteiger partial charge in [-0.15, -0.1) is 0 Å². The number of sulfonamides is 1. The molecule has 0 spiro atoms. The van der Waals surface area contributed by atoms with E-state index in [9.17, 15) is 8.42 Å². The Kier molecular flexibility index (Phi) is 3.79. The molecule has 0 bridgehead atoms. The van der Waals surface area contributed by atoms with Crippen molar-refractivity contribution >= 4 is 27.3 Å². The predicted octanol–water partition coefficient (Wildman–Crippen LogP) is 1.13. The zero-order valence-electron chi connectivity index (χ0n) is 10.2. The lowest BCUT2D eigenvalue weighted by Gasteiger charge is -2.08. The number of aromatic nitrogens is 2. The van der Waals surface area contributed by atoms with E-state index in [-0.39, 0.29) is 17.1 Å². The summed E-state index contributed by atoms with van der Waals surface area (Å²) in [5.41, 5.74) is 6.42. The van der Waals surface area contributed by atoms with Gasteiger partial charge in [0.05, 0.1) is 17.9 Å². The summed E-state index contributed by atoms with van der Waals surface area (Å²) in [6, 6.07) is 6.04. The topological polar surface area (TPSA) is 90.0 Å². The number of nitrogens with zero attached hydrogens (tertiary/aromatic N) is 2. The number of nitrogens with two attached hydrogens (primary N) is 1. The molecule has 0 unspecified atom stereocenters. The summed E-state index contributed by atoms with van der Waals surface area (Å²) in [7, 11) is -1.95. The van der Waals surface area contributed by atoms with Crippen LogP contribution >= 0.6 is 11.6 Å². The number of halogens is 1. The van der Waals surface area contributed by atoms with Gasteiger partial charge >= 0.3 is 0 Å². The van der Waals surface area contributed by atoms with Gasteiger partial charge in [-0.2, -0.15) is 5.10 Å². The van der Waals surface area contributed by atoms with Crippen LogP contribution in [0.3, 0.4) is 0 Å². The third kappa shape index (κ3) is 3.25. The maximum atomic E-state index is 12.1. The van der Waals surface area contributed by atoms with Crippen molar-refractivity contribution < 1.29 is 8.42 Å². The number of hydrogen-bond donors (Lipinski definition) is 2. The maximum Gasteiger partial charge on any atom is 0.243 e. The van der Waals surface area contributed by atoms with Crippen LogP contribution in [0.5, 0.6) is 0 Å². The summed E-state index contributed by atoms with van der Waals surface area (Å²) < 4.78 is 28.2. The smallest absolute Gasteiger partial charge is 0.243 e. The normalized spacial score (nSPS) is 11.7. The number of benzene rings is 1. The average molecular weight is 301 g/mol. The largest absolute Gasteiger partial charge is 0.398 e. The molecule has 6 nitrogen and oxygen atoms in total. The molecule has 0 radical (unpaired) electrons. The fourth-order valence-electron chi connectivity index (χ4n) is 1.55. The summed E-state index contributed by atoms with van der Waals surface area (Å²) in [4.78, 5) is -0.0315. The molecule has 0 saturated heterocycles. The number of nitrogens with one attached hydrogen (secondary N) is 1. The molecule has 19 heavy (non-hydrogen) atoms. The van der Waals surface area contributed by atoms with E-state index in [1.807, 2.05) is 0 Å². The minimum Gasteiger partial charge on any atom is -0.398 e. The maximum absolute atomic E-state index is 12.1. The molecule has 2 rings (SSSR count). The zero-order valence-corrected chi connectivity index (χ0v) is 11.7. The van der Waals surface area contributed by atoms with Crippen LogP contribution in [0.2, 0.25) is 5.02 Å². The Morgan fingerprint density at radius 2 is 2.16 bits per heavy atom. The Morgan fingerprint density at radius 3 is 2.79 bits per heavy atom. The highest BCUT2D eigenvalue weighted by Crippen LogP contribution is 2.22. The van der Waals surface area contributed by atoms with Gasteiger partial charge in [-0.1, -0.05) is 11.6 Å². The molecular formula is C11H13ClN4O2S. The molecule has 102 valence electrons. The van der Waals surface area contributed by atoms with Gasteiger partial charge in [-0.3, -0.25) is 4.68 Å². The van der Waals surface area contributed by atoms with Gasteiger partial charge < -0.3 is 5.73 Å². The quantitative estimate of drug-likeness (QED) is 0.828. The van der Waals surface area contributed by atoms with Crippen LogP contribution in [0.25, 0.3) is 0 Å². The van der Waals surface area contributed by atoms with Crippen LogP contribution in [0.1, 0.15) is 5.69 Å². The number of hydrogen-bond acceptors (Lipinski definition) is 4. The van der Waals surface area contributed by atoms with Crippen molar-refractivity contribution in [1.82, 2.24) is 14.5 Å². The van der Waals surface area contributed by atoms with E-state index >= 15 is 0 Å². The van der Waals surface area contributed by atoms with Crippen molar-refractivity contribution in [1.29, 1.82) is 0 Å². The first-order valence-electron chi connectivity index (χ1n) is 5.42. The van der Waals surface area contributed by atoms with Gasteiger partial charge in [0.2, 0.25) is 10.0 Å². The summed E-state index contributed by atoms with van der Waals surface area (Å²) in [6.45, 7) is 0.0924. The van der Waals surface area contributed by atoms with Gasteiger partial charge in [0, 0.05) is 18.3 Å². The fraction of sp³-hybridized carbons (Fsp3) is 0.182.